The Kier molecular flexibility index (Phi) is 3.09. The zero-order chi connectivity index (χ0) is 13.2. The van der Waals surface area contributed by atoms with Gasteiger partial charge in [0, 0.05) is 18.3 Å². The summed E-state index contributed by atoms with van der Waals surface area (Å²) in [6.45, 7) is 2.86. The van der Waals surface area contributed by atoms with E-state index in [1.54, 1.807) is 17.4 Å². The van der Waals surface area contributed by atoms with Crippen LogP contribution in [0.5, 0.6) is 5.75 Å². The minimum absolute atomic E-state index is 0.262. The smallest absolute Gasteiger partial charge is 0.128 e. The average Bonchev–Trinajstić information content (AvgIpc) is 2.82. The van der Waals surface area contributed by atoms with Crippen LogP contribution in [0.4, 0.5) is 5.69 Å². The second-order valence-electron chi connectivity index (χ2n) is 4.25. The highest BCUT2D eigenvalue weighted by atomic mass is 32.1. The molecule has 0 saturated carbocycles. The van der Waals surface area contributed by atoms with Gasteiger partial charge in [-0.05, 0) is 31.2 Å². The molecule has 0 aliphatic rings. The molecule has 0 saturated heterocycles. The van der Waals surface area contributed by atoms with Crippen LogP contribution in [0.2, 0.25) is 0 Å². The van der Waals surface area contributed by atoms with E-state index in [9.17, 15) is 5.11 Å². The summed E-state index contributed by atoms with van der Waals surface area (Å²) >= 11 is 1.59. The summed E-state index contributed by atoms with van der Waals surface area (Å²) in [5.41, 5.74) is 2.67. The van der Waals surface area contributed by atoms with Gasteiger partial charge in [0.15, 0.2) is 0 Å². The van der Waals surface area contributed by atoms with Crippen molar-refractivity contribution in [1.82, 2.24) is 4.98 Å². The van der Waals surface area contributed by atoms with Crippen molar-refractivity contribution in [3.05, 3.63) is 42.5 Å². The minimum Gasteiger partial charge on any atom is -0.507 e. The van der Waals surface area contributed by atoms with Gasteiger partial charge in [0.2, 0.25) is 0 Å². The highest BCUT2D eigenvalue weighted by Crippen LogP contribution is 2.36. The number of phenols is 1. The molecule has 1 aromatic heterocycles. The van der Waals surface area contributed by atoms with Gasteiger partial charge in [-0.25, -0.2) is 4.98 Å². The van der Waals surface area contributed by atoms with Crippen LogP contribution < -0.4 is 5.32 Å². The first-order valence-electron chi connectivity index (χ1n) is 6.21. The molecule has 4 heteroatoms. The number of hydrogen-bond acceptors (Lipinski definition) is 4. The average molecular weight is 270 g/mol. The van der Waals surface area contributed by atoms with Crippen molar-refractivity contribution in [1.29, 1.82) is 0 Å². The number of para-hydroxylation sites is 1. The fourth-order valence-corrected chi connectivity index (χ4v) is 3.01. The molecule has 0 amide bonds. The molecule has 2 aromatic carbocycles. The summed E-state index contributed by atoms with van der Waals surface area (Å²) in [5.74, 6) is 0.262. The first-order chi connectivity index (χ1) is 9.28. The Labute approximate surface area is 115 Å². The SMILES string of the molecule is CCNc1ccc(-c2nc3ccccc3s2)c(O)c1. The first-order valence-corrected chi connectivity index (χ1v) is 7.02. The standard InChI is InChI=1S/C15H14N2OS/c1-2-16-10-7-8-11(13(18)9-10)15-17-12-5-3-4-6-14(12)19-15/h3-9,16,18H,2H2,1H3. The van der Waals surface area contributed by atoms with Gasteiger partial charge in [0.1, 0.15) is 10.8 Å². The number of aromatic nitrogens is 1. The molecule has 0 spiro atoms. The maximum absolute atomic E-state index is 10.1. The van der Waals surface area contributed by atoms with Crippen molar-refractivity contribution < 1.29 is 5.11 Å². The number of hydrogen-bond donors (Lipinski definition) is 2. The number of nitrogens with one attached hydrogen (secondary N) is 1. The monoisotopic (exact) mass is 270 g/mol. The molecule has 3 rings (SSSR count). The van der Waals surface area contributed by atoms with Gasteiger partial charge in [-0.15, -0.1) is 11.3 Å². The molecule has 3 aromatic rings. The third-order valence-corrected chi connectivity index (χ3v) is 3.97. The molecule has 2 N–H and O–H groups in total. The number of anilines is 1. The molecule has 0 aliphatic heterocycles. The van der Waals surface area contributed by atoms with Crippen molar-refractivity contribution in [2.45, 2.75) is 6.92 Å². The van der Waals surface area contributed by atoms with Crippen LogP contribution in [-0.4, -0.2) is 16.6 Å². The van der Waals surface area contributed by atoms with Crippen molar-refractivity contribution in [2.75, 3.05) is 11.9 Å². The molecule has 96 valence electrons. The Morgan fingerprint density at radius 3 is 2.79 bits per heavy atom. The van der Waals surface area contributed by atoms with Crippen LogP contribution in [0.1, 0.15) is 6.92 Å². The largest absolute Gasteiger partial charge is 0.507 e. The molecule has 0 aliphatic carbocycles. The van der Waals surface area contributed by atoms with Gasteiger partial charge in [-0.2, -0.15) is 0 Å². The van der Waals surface area contributed by atoms with Crippen LogP contribution in [0.15, 0.2) is 42.5 Å². The van der Waals surface area contributed by atoms with E-state index >= 15 is 0 Å². The number of thiazole rings is 1. The normalized spacial score (nSPS) is 10.8. The van der Waals surface area contributed by atoms with Crippen molar-refractivity contribution in [2.24, 2.45) is 0 Å². The van der Waals surface area contributed by atoms with E-state index in [-0.39, 0.29) is 5.75 Å². The number of phenolic OH excluding ortho intramolecular Hbond substituents is 1. The summed E-state index contributed by atoms with van der Waals surface area (Å²) in [5, 5.41) is 14.1. The fraction of sp³-hybridized carbons (Fsp3) is 0.133. The van der Waals surface area contributed by atoms with Crippen LogP contribution in [-0.2, 0) is 0 Å². The molecule has 0 radical (unpaired) electrons. The lowest BCUT2D eigenvalue weighted by Crippen LogP contribution is -1.95. The number of aromatic hydroxyl groups is 1. The lowest BCUT2D eigenvalue weighted by molar-refractivity contribution is 0.477. The van der Waals surface area contributed by atoms with Gasteiger partial charge in [0.25, 0.3) is 0 Å². The fourth-order valence-electron chi connectivity index (χ4n) is 2.01. The third-order valence-electron chi connectivity index (χ3n) is 2.90. The van der Waals surface area contributed by atoms with Gasteiger partial charge < -0.3 is 10.4 Å². The Bertz CT molecular complexity index is 688. The van der Waals surface area contributed by atoms with E-state index in [1.165, 1.54) is 0 Å². The molecule has 3 nitrogen and oxygen atoms in total. The van der Waals surface area contributed by atoms with Gasteiger partial charge in [-0.3, -0.25) is 0 Å². The van der Waals surface area contributed by atoms with Crippen molar-refractivity contribution in [3.63, 3.8) is 0 Å². The van der Waals surface area contributed by atoms with E-state index in [2.05, 4.69) is 10.3 Å². The predicted molar refractivity (Wildman–Crippen MR) is 80.9 cm³/mol. The molecule has 0 bridgehead atoms. The molecule has 19 heavy (non-hydrogen) atoms. The quantitative estimate of drug-likeness (QED) is 0.753. The van der Waals surface area contributed by atoms with Crippen molar-refractivity contribution in [3.8, 4) is 16.3 Å². The summed E-state index contributed by atoms with van der Waals surface area (Å²) in [6, 6.07) is 13.6. The van der Waals surface area contributed by atoms with Crippen LogP contribution >= 0.6 is 11.3 Å². The van der Waals surface area contributed by atoms with Crippen molar-refractivity contribution >= 4 is 27.2 Å². The molecular weight excluding hydrogens is 256 g/mol. The summed E-state index contributed by atoms with van der Waals surface area (Å²) < 4.78 is 1.13. The number of rotatable bonds is 3. The molecule has 0 unspecified atom stereocenters. The van der Waals surface area contributed by atoms with E-state index in [0.29, 0.717) is 0 Å². The number of nitrogens with zero attached hydrogens (tertiary/aromatic N) is 1. The number of benzene rings is 2. The molecule has 0 atom stereocenters. The predicted octanol–water partition coefficient (Wildman–Crippen LogP) is 4.10. The van der Waals surface area contributed by atoms with Gasteiger partial charge in [0.05, 0.1) is 15.8 Å². The summed E-state index contributed by atoms with van der Waals surface area (Å²) in [7, 11) is 0. The van der Waals surface area contributed by atoms with Crippen LogP contribution in [0.25, 0.3) is 20.8 Å². The Hall–Kier alpha value is -2.07. The van der Waals surface area contributed by atoms with E-state index < -0.39 is 0 Å². The number of fused-ring (bicyclic) bond motifs is 1. The van der Waals surface area contributed by atoms with E-state index in [0.717, 1.165) is 33.0 Å². The topological polar surface area (TPSA) is 45.2 Å². The maximum Gasteiger partial charge on any atom is 0.128 e. The van der Waals surface area contributed by atoms with Gasteiger partial charge >= 0.3 is 0 Å². The second kappa shape index (κ2) is 4.90. The first kappa shape index (κ1) is 12.0. The second-order valence-corrected chi connectivity index (χ2v) is 5.28. The van der Waals surface area contributed by atoms with E-state index in [1.807, 2.05) is 43.3 Å². The Morgan fingerprint density at radius 2 is 2.05 bits per heavy atom. The summed E-state index contributed by atoms with van der Waals surface area (Å²) in [6.07, 6.45) is 0. The highest BCUT2D eigenvalue weighted by molar-refractivity contribution is 7.21. The third kappa shape index (κ3) is 2.27. The molecule has 0 fully saturated rings. The summed E-state index contributed by atoms with van der Waals surface area (Å²) in [4.78, 5) is 4.56. The van der Waals surface area contributed by atoms with Crippen LogP contribution in [0, 0.1) is 0 Å². The van der Waals surface area contributed by atoms with Gasteiger partial charge in [-0.1, -0.05) is 12.1 Å². The van der Waals surface area contributed by atoms with E-state index in [4.69, 9.17) is 0 Å². The zero-order valence-corrected chi connectivity index (χ0v) is 11.4. The maximum atomic E-state index is 10.1. The zero-order valence-electron chi connectivity index (χ0n) is 10.6. The minimum atomic E-state index is 0.262. The lowest BCUT2D eigenvalue weighted by Gasteiger charge is -2.06. The lowest BCUT2D eigenvalue weighted by atomic mass is 10.2. The Balaban J connectivity index is 2.05. The Morgan fingerprint density at radius 1 is 1.21 bits per heavy atom. The molecular formula is C15H14N2OS. The molecule has 1 heterocycles. The van der Waals surface area contributed by atoms with Crippen LogP contribution in [0.3, 0.4) is 0 Å². The highest BCUT2D eigenvalue weighted by Gasteiger charge is 2.10.